The zero-order chi connectivity index (χ0) is 19.2. The second-order valence-corrected chi connectivity index (χ2v) is 7.51. The highest BCUT2D eigenvalue weighted by molar-refractivity contribution is 5.15. The van der Waals surface area contributed by atoms with Crippen LogP contribution in [0, 0.1) is 0 Å². The van der Waals surface area contributed by atoms with Gasteiger partial charge in [0.15, 0.2) is 0 Å². The fraction of sp³-hybridized carbons (Fsp3) is 0.385. The SMILES string of the molecule is CCC/C=C/C[N+](C/C=C/CCC)(Cc1ccccc1)Cc1ccccc1. The van der Waals surface area contributed by atoms with Crippen molar-refractivity contribution in [2.45, 2.75) is 52.6 Å². The minimum atomic E-state index is 1.04. The molecule has 0 aromatic heterocycles. The predicted molar refractivity (Wildman–Crippen MR) is 118 cm³/mol. The van der Waals surface area contributed by atoms with Crippen LogP contribution >= 0.6 is 0 Å². The van der Waals surface area contributed by atoms with E-state index in [-0.39, 0.29) is 0 Å². The third kappa shape index (κ3) is 7.97. The monoisotopic (exact) mass is 362 g/mol. The second-order valence-electron chi connectivity index (χ2n) is 7.51. The minimum Gasteiger partial charge on any atom is -0.310 e. The van der Waals surface area contributed by atoms with Crippen molar-refractivity contribution >= 4 is 0 Å². The Balaban J connectivity index is 2.28. The molecule has 0 saturated carbocycles. The molecule has 2 aromatic rings. The molecule has 0 unspecified atom stereocenters. The van der Waals surface area contributed by atoms with Gasteiger partial charge in [-0.3, -0.25) is 0 Å². The minimum absolute atomic E-state index is 1.04. The molecule has 0 amide bonds. The van der Waals surface area contributed by atoms with E-state index < -0.39 is 0 Å². The summed E-state index contributed by atoms with van der Waals surface area (Å²) < 4.78 is 1.04. The maximum Gasteiger partial charge on any atom is 0.105 e. The molecule has 0 aliphatic carbocycles. The van der Waals surface area contributed by atoms with Crippen LogP contribution in [-0.4, -0.2) is 17.6 Å². The average molecular weight is 363 g/mol. The molecular formula is C26H36N+. The van der Waals surface area contributed by atoms with E-state index in [1.165, 1.54) is 36.8 Å². The summed E-state index contributed by atoms with van der Waals surface area (Å²) in [5, 5.41) is 0. The van der Waals surface area contributed by atoms with Gasteiger partial charge < -0.3 is 4.48 Å². The molecule has 0 N–H and O–H groups in total. The van der Waals surface area contributed by atoms with Crippen LogP contribution in [0.4, 0.5) is 0 Å². The summed E-state index contributed by atoms with van der Waals surface area (Å²) in [6.07, 6.45) is 14.3. The third-order valence-corrected chi connectivity index (χ3v) is 4.95. The molecule has 0 heterocycles. The van der Waals surface area contributed by atoms with Crippen molar-refractivity contribution in [3.63, 3.8) is 0 Å². The lowest BCUT2D eigenvalue weighted by Gasteiger charge is -2.37. The van der Waals surface area contributed by atoms with Crippen molar-refractivity contribution in [3.8, 4) is 0 Å². The number of hydrogen-bond acceptors (Lipinski definition) is 0. The van der Waals surface area contributed by atoms with Crippen molar-refractivity contribution < 1.29 is 4.48 Å². The Kier molecular flexibility index (Phi) is 9.65. The van der Waals surface area contributed by atoms with Crippen LogP contribution in [0.3, 0.4) is 0 Å². The van der Waals surface area contributed by atoms with Gasteiger partial charge in [0.05, 0.1) is 13.1 Å². The summed E-state index contributed by atoms with van der Waals surface area (Å²) in [7, 11) is 0. The van der Waals surface area contributed by atoms with E-state index in [2.05, 4.69) is 98.8 Å². The Morgan fingerprint density at radius 2 is 1.00 bits per heavy atom. The number of nitrogens with zero attached hydrogens (tertiary/aromatic N) is 1. The smallest absolute Gasteiger partial charge is 0.105 e. The first kappa shape index (κ1) is 21.2. The molecule has 0 bridgehead atoms. The number of benzene rings is 2. The number of unbranched alkanes of at least 4 members (excludes halogenated alkanes) is 2. The molecule has 2 rings (SSSR count). The van der Waals surface area contributed by atoms with Gasteiger partial charge in [-0.15, -0.1) is 0 Å². The fourth-order valence-corrected chi connectivity index (χ4v) is 3.50. The zero-order valence-electron chi connectivity index (χ0n) is 17.2. The Labute approximate surface area is 166 Å². The summed E-state index contributed by atoms with van der Waals surface area (Å²) in [6.45, 7) is 8.74. The molecule has 27 heavy (non-hydrogen) atoms. The van der Waals surface area contributed by atoms with Gasteiger partial charge in [-0.1, -0.05) is 99.5 Å². The fourth-order valence-electron chi connectivity index (χ4n) is 3.50. The summed E-state index contributed by atoms with van der Waals surface area (Å²) in [4.78, 5) is 0. The maximum absolute atomic E-state index is 2.41. The van der Waals surface area contributed by atoms with Crippen LogP contribution in [0.25, 0.3) is 0 Å². The summed E-state index contributed by atoms with van der Waals surface area (Å²) >= 11 is 0. The third-order valence-electron chi connectivity index (χ3n) is 4.95. The number of hydrogen-bond donors (Lipinski definition) is 0. The first-order chi connectivity index (χ1) is 13.3. The van der Waals surface area contributed by atoms with E-state index >= 15 is 0 Å². The van der Waals surface area contributed by atoms with E-state index in [0.29, 0.717) is 0 Å². The first-order valence-corrected chi connectivity index (χ1v) is 10.5. The highest BCUT2D eigenvalue weighted by atomic mass is 15.3. The molecule has 0 saturated heterocycles. The predicted octanol–water partition coefficient (Wildman–Crippen LogP) is 6.92. The van der Waals surface area contributed by atoms with Crippen molar-refractivity contribution in [3.05, 3.63) is 96.1 Å². The average Bonchev–Trinajstić information content (AvgIpc) is 2.70. The number of quaternary nitrogens is 1. The highest BCUT2D eigenvalue weighted by Gasteiger charge is 2.26. The van der Waals surface area contributed by atoms with Gasteiger partial charge in [-0.05, 0) is 25.0 Å². The summed E-state index contributed by atoms with van der Waals surface area (Å²) in [5.41, 5.74) is 2.84. The molecule has 0 aliphatic rings. The van der Waals surface area contributed by atoms with Crippen molar-refractivity contribution in [2.24, 2.45) is 0 Å². The maximum atomic E-state index is 2.41. The molecule has 1 nitrogen and oxygen atoms in total. The Bertz CT molecular complexity index is 608. The number of allylic oxidation sites excluding steroid dienone is 2. The van der Waals surface area contributed by atoms with E-state index in [4.69, 9.17) is 0 Å². The van der Waals surface area contributed by atoms with E-state index in [0.717, 1.165) is 30.7 Å². The van der Waals surface area contributed by atoms with E-state index in [9.17, 15) is 0 Å². The lowest BCUT2D eigenvalue weighted by Crippen LogP contribution is -2.46. The van der Waals surface area contributed by atoms with Gasteiger partial charge in [0.1, 0.15) is 13.1 Å². The van der Waals surface area contributed by atoms with Crippen LogP contribution in [0.1, 0.15) is 50.7 Å². The topological polar surface area (TPSA) is 0 Å². The van der Waals surface area contributed by atoms with Crippen LogP contribution in [-0.2, 0) is 13.1 Å². The summed E-state index contributed by atoms with van der Waals surface area (Å²) in [6, 6.07) is 21.9. The molecule has 2 aromatic carbocycles. The molecule has 1 heteroatoms. The van der Waals surface area contributed by atoms with Gasteiger partial charge in [0.25, 0.3) is 0 Å². The first-order valence-electron chi connectivity index (χ1n) is 10.5. The largest absolute Gasteiger partial charge is 0.310 e. The van der Waals surface area contributed by atoms with Gasteiger partial charge in [0, 0.05) is 11.1 Å². The Hall–Kier alpha value is -2.12. The van der Waals surface area contributed by atoms with Crippen LogP contribution in [0.5, 0.6) is 0 Å². The molecule has 0 atom stereocenters. The number of rotatable bonds is 12. The van der Waals surface area contributed by atoms with Crippen LogP contribution in [0.2, 0.25) is 0 Å². The van der Waals surface area contributed by atoms with Crippen LogP contribution < -0.4 is 0 Å². The molecule has 144 valence electrons. The normalized spacial score (nSPS) is 12.2. The zero-order valence-corrected chi connectivity index (χ0v) is 17.2. The van der Waals surface area contributed by atoms with Gasteiger partial charge >= 0.3 is 0 Å². The Morgan fingerprint density at radius 1 is 0.593 bits per heavy atom. The van der Waals surface area contributed by atoms with Gasteiger partial charge in [-0.25, -0.2) is 0 Å². The van der Waals surface area contributed by atoms with Crippen molar-refractivity contribution in [1.82, 2.24) is 0 Å². The molecule has 0 spiro atoms. The molecule has 0 radical (unpaired) electrons. The quantitative estimate of drug-likeness (QED) is 0.284. The Morgan fingerprint density at radius 3 is 1.37 bits per heavy atom. The second kappa shape index (κ2) is 12.3. The lowest BCUT2D eigenvalue weighted by atomic mass is 10.1. The lowest BCUT2D eigenvalue weighted by molar-refractivity contribution is -0.943. The van der Waals surface area contributed by atoms with Gasteiger partial charge in [0.2, 0.25) is 0 Å². The molecule has 0 aliphatic heterocycles. The van der Waals surface area contributed by atoms with Gasteiger partial charge in [-0.2, -0.15) is 0 Å². The van der Waals surface area contributed by atoms with E-state index in [1.54, 1.807) is 0 Å². The molecular weight excluding hydrogens is 326 g/mol. The summed E-state index contributed by atoms with van der Waals surface area (Å²) in [5.74, 6) is 0. The van der Waals surface area contributed by atoms with Crippen molar-refractivity contribution in [2.75, 3.05) is 13.1 Å². The standard InChI is InChI=1S/C26H36N/c1-3-5-7-15-21-27(22-16-8-6-4-2,23-25-17-11-9-12-18-25)24-26-19-13-10-14-20-26/h7-20H,3-6,21-24H2,1-2H3/q+1/b15-7+,16-8+. The van der Waals surface area contributed by atoms with Crippen LogP contribution in [0.15, 0.2) is 85.0 Å². The molecule has 0 fully saturated rings. The van der Waals surface area contributed by atoms with E-state index in [1.807, 2.05) is 0 Å². The van der Waals surface area contributed by atoms with Crippen molar-refractivity contribution in [1.29, 1.82) is 0 Å². The highest BCUT2D eigenvalue weighted by Crippen LogP contribution is 2.21.